The number of hydrogen-bond donors (Lipinski definition) is 1. The molecular weight excluding hydrogens is 335 g/mol. The van der Waals surface area contributed by atoms with Crippen molar-refractivity contribution in [2.75, 3.05) is 31.6 Å². The van der Waals surface area contributed by atoms with Gasteiger partial charge < -0.3 is 15.0 Å². The number of ether oxygens (including phenoxy) is 1. The Hall–Kier alpha value is -2.73. The minimum absolute atomic E-state index is 0.0239. The largest absolute Gasteiger partial charge is 0.378 e. The summed E-state index contributed by atoms with van der Waals surface area (Å²) >= 11 is 0. The Morgan fingerprint density at radius 3 is 2.38 bits per heavy atom. The number of rotatable bonds is 5. The number of morpholine rings is 1. The number of carbonyl (C=O) groups excluding carboxylic acids is 2. The molecule has 1 aliphatic rings. The van der Waals surface area contributed by atoms with Crippen molar-refractivity contribution in [3.63, 3.8) is 0 Å². The highest BCUT2D eigenvalue weighted by atomic mass is 19.1. The zero-order valence-electron chi connectivity index (χ0n) is 14.4. The highest BCUT2D eigenvalue weighted by molar-refractivity contribution is 5.92. The van der Waals surface area contributed by atoms with Gasteiger partial charge >= 0.3 is 0 Å². The van der Waals surface area contributed by atoms with Crippen LogP contribution in [0.3, 0.4) is 0 Å². The Balaban J connectivity index is 1.53. The topological polar surface area (TPSA) is 58.6 Å². The van der Waals surface area contributed by atoms with Crippen molar-refractivity contribution in [1.29, 1.82) is 0 Å². The second kappa shape index (κ2) is 8.58. The summed E-state index contributed by atoms with van der Waals surface area (Å²) in [6.45, 7) is 2.42. The molecule has 5 nitrogen and oxygen atoms in total. The standard InChI is InChI=1S/C20H21FN2O3/c21-18-4-2-1-3-16(18)14-19(24)22-17-7-5-15(6-8-17)13-20(25)23-9-11-26-12-10-23/h1-8H,9-14H2,(H,22,24). The lowest BCUT2D eigenvalue weighted by Gasteiger charge is -2.26. The normalized spacial score (nSPS) is 14.1. The van der Waals surface area contributed by atoms with Crippen molar-refractivity contribution < 1.29 is 18.7 Å². The quantitative estimate of drug-likeness (QED) is 0.895. The number of nitrogens with one attached hydrogen (secondary N) is 1. The van der Waals surface area contributed by atoms with Crippen molar-refractivity contribution in [3.05, 3.63) is 65.5 Å². The van der Waals surface area contributed by atoms with Gasteiger partial charge in [0.15, 0.2) is 0 Å². The average Bonchev–Trinajstić information content (AvgIpc) is 2.66. The molecule has 0 bridgehead atoms. The van der Waals surface area contributed by atoms with Gasteiger partial charge in [0.25, 0.3) is 0 Å². The minimum Gasteiger partial charge on any atom is -0.378 e. The number of hydrogen-bond acceptors (Lipinski definition) is 3. The molecule has 0 radical (unpaired) electrons. The number of carbonyl (C=O) groups is 2. The van der Waals surface area contributed by atoms with Crippen LogP contribution in [0.4, 0.5) is 10.1 Å². The molecule has 1 heterocycles. The van der Waals surface area contributed by atoms with E-state index in [1.54, 1.807) is 35.2 Å². The number of anilines is 1. The first kappa shape index (κ1) is 18.1. The Kier molecular flexibility index (Phi) is 5.96. The molecule has 0 unspecified atom stereocenters. The highest BCUT2D eigenvalue weighted by Gasteiger charge is 2.17. The van der Waals surface area contributed by atoms with E-state index in [9.17, 15) is 14.0 Å². The highest BCUT2D eigenvalue weighted by Crippen LogP contribution is 2.13. The number of nitrogens with zero attached hydrogens (tertiary/aromatic N) is 1. The molecule has 1 N–H and O–H groups in total. The van der Waals surface area contributed by atoms with Crippen LogP contribution < -0.4 is 5.32 Å². The van der Waals surface area contributed by atoms with E-state index >= 15 is 0 Å². The van der Waals surface area contributed by atoms with E-state index in [4.69, 9.17) is 4.74 Å². The second-order valence-electron chi connectivity index (χ2n) is 6.18. The van der Waals surface area contributed by atoms with Crippen LogP contribution in [-0.2, 0) is 27.2 Å². The van der Waals surface area contributed by atoms with Crippen LogP contribution >= 0.6 is 0 Å². The summed E-state index contributed by atoms with van der Waals surface area (Å²) < 4.78 is 18.8. The van der Waals surface area contributed by atoms with Crippen molar-refractivity contribution in [2.24, 2.45) is 0 Å². The lowest BCUT2D eigenvalue weighted by atomic mass is 10.1. The van der Waals surface area contributed by atoms with E-state index in [2.05, 4.69) is 5.32 Å². The van der Waals surface area contributed by atoms with E-state index in [1.165, 1.54) is 6.07 Å². The summed E-state index contributed by atoms with van der Waals surface area (Å²) in [4.78, 5) is 26.1. The fraction of sp³-hybridized carbons (Fsp3) is 0.300. The van der Waals surface area contributed by atoms with Gasteiger partial charge in [-0.25, -0.2) is 4.39 Å². The smallest absolute Gasteiger partial charge is 0.228 e. The Labute approximate surface area is 151 Å². The van der Waals surface area contributed by atoms with Crippen LogP contribution in [0.5, 0.6) is 0 Å². The Morgan fingerprint density at radius 2 is 1.69 bits per heavy atom. The van der Waals surface area contributed by atoms with E-state index in [-0.39, 0.29) is 24.1 Å². The zero-order chi connectivity index (χ0) is 18.4. The van der Waals surface area contributed by atoms with Gasteiger partial charge in [-0.3, -0.25) is 9.59 Å². The van der Waals surface area contributed by atoms with Crippen LogP contribution in [0.1, 0.15) is 11.1 Å². The number of halogens is 1. The van der Waals surface area contributed by atoms with Gasteiger partial charge in [-0.05, 0) is 29.3 Å². The maximum absolute atomic E-state index is 13.6. The number of amides is 2. The summed E-state index contributed by atoms with van der Waals surface area (Å²) in [7, 11) is 0. The number of benzene rings is 2. The summed E-state index contributed by atoms with van der Waals surface area (Å²) in [6.07, 6.45) is 0.299. The molecule has 0 saturated carbocycles. The zero-order valence-corrected chi connectivity index (χ0v) is 14.4. The summed E-state index contributed by atoms with van der Waals surface area (Å²) in [5.41, 5.74) is 1.86. The van der Waals surface area contributed by atoms with Crippen molar-refractivity contribution in [1.82, 2.24) is 4.90 Å². The van der Waals surface area contributed by atoms with Crippen LogP contribution in [0.2, 0.25) is 0 Å². The second-order valence-corrected chi connectivity index (χ2v) is 6.18. The Bertz CT molecular complexity index is 771. The molecule has 136 valence electrons. The summed E-state index contributed by atoms with van der Waals surface area (Å²) in [6, 6.07) is 13.4. The average molecular weight is 356 g/mol. The lowest BCUT2D eigenvalue weighted by molar-refractivity contribution is -0.134. The molecule has 3 rings (SSSR count). The van der Waals surface area contributed by atoms with Crippen molar-refractivity contribution in [3.8, 4) is 0 Å². The minimum atomic E-state index is -0.389. The van der Waals surface area contributed by atoms with Gasteiger partial charge in [-0.1, -0.05) is 30.3 Å². The summed E-state index contributed by atoms with van der Waals surface area (Å²) in [5, 5.41) is 2.74. The molecule has 2 amide bonds. The van der Waals surface area contributed by atoms with E-state index in [0.29, 0.717) is 44.0 Å². The monoisotopic (exact) mass is 356 g/mol. The lowest BCUT2D eigenvalue weighted by Crippen LogP contribution is -2.41. The molecule has 1 saturated heterocycles. The third-order valence-corrected chi connectivity index (χ3v) is 4.27. The van der Waals surface area contributed by atoms with Crippen molar-refractivity contribution in [2.45, 2.75) is 12.8 Å². The molecule has 2 aromatic rings. The van der Waals surface area contributed by atoms with Gasteiger partial charge in [-0.2, -0.15) is 0 Å². The van der Waals surface area contributed by atoms with Crippen LogP contribution in [0.25, 0.3) is 0 Å². The van der Waals surface area contributed by atoms with Gasteiger partial charge in [0, 0.05) is 18.8 Å². The molecule has 0 aromatic heterocycles. The molecule has 2 aromatic carbocycles. The molecule has 1 aliphatic heterocycles. The van der Waals surface area contributed by atoms with E-state index in [0.717, 1.165) is 5.56 Å². The molecule has 0 aliphatic carbocycles. The maximum Gasteiger partial charge on any atom is 0.228 e. The molecule has 6 heteroatoms. The predicted molar refractivity (Wildman–Crippen MR) is 96.3 cm³/mol. The van der Waals surface area contributed by atoms with Gasteiger partial charge in [-0.15, -0.1) is 0 Å². The van der Waals surface area contributed by atoms with Crippen molar-refractivity contribution >= 4 is 17.5 Å². The molecular formula is C20H21FN2O3. The molecule has 26 heavy (non-hydrogen) atoms. The predicted octanol–water partition coefficient (Wildman–Crippen LogP) is 2.41. The van der Waals surface area contributed by atoms with Crippen LogP contribution in [0, 0.1) is 5.82 Å². The first-order valence-corrected chi connectivity index (χ1v) is 8.59. The first-order valence-electron chi connectivity index (χ1n) is 8.59. The Morgan fingerprint density at radius 1 is 1.00 bits per heavy atom. The van der Waals surface area contributed by atoms with E-state index in [1.807, 2.05) is 12.1 Å². The molecule has 1 fully saturated rings. The SMILES string of the molecule is O=C(Cc1ccccc1F)Nc1ccc(CC(=O)N2CCOCC2)cc1. The van der Waals surface area contributed by atoms with Gasteiger partial charge in [0.1, 0.15) is 5.82 Å². The molecule has 0 atom stereocenters. The summed E-state index contributed by atoms with van der Waals surface area (Å²) in [5.74, 6) is -0.600. The maximum atomic E-state index is 13.6. The van der Waals surface area contributed by atoms with Gasteiger partial charge in [0.2, 0.25) is 11.8 Å². The van der Waals surface area contributed by atoms with Crippen LogP contribution in [-0.4, -0.2) is 43.0 Å². The third-order valence-electron chi connectivity index (χ3n) is 4.27. The van der Waals surface area contributed by atoms with E-state index < -0.39 is 0 Å². The van der Waals surface area contributed by atoms with Gasteiger partial charge in [0.05, 0.1) is 26.1 Å². The fourth-order valence-electron chi connectivity index (χ4n) is 2.83. The van der Waals surface area contributed by atoms with Crippen LogP contribution in [0.15, 0.2) is 48.5 Å². The first-order chi connectivity index (χ1) is 12.6. The molecule has 0 spiro atoms. The third kappa shape index (κ3) is 4.89. The fourth-order valence-corrected chi connectivity index (χ4v) is 2.83.